The van der Waals surface area contributed by atoms with Gasteiger partial charge in [0.25, 0.3) is 0 Å². The van der Waals surface area contributed by atoms with Crippen molar-refractivity contribution in [2.45, 2.75) is 64.8 Å². The second kappa shape index (κ2) is 14.8. The number of aromatic carboxylic acids is 1. The molecule has 1 aliphatic rings. The van der Waals surface area contributed by atoms with E-state index in [0.717, 1.165) is 65.5 Å². The van der Waals surface area contributed by atoms with Gasteiger partial charge in [-0.15, -0.1) is 0 Å². The number of carbonyl (C=O) groups is 1. The third-order valence-corrected chi connectivity index (χ3v) is 9.55. The summed E-state index contributed by atoms with van der Waals surface area (Å²) in [6, 6.07) is 29.3. The van der Waals surface area contributed by atoms with Crippen molar-refractivity contribution < 1.29 is 23.1 Å². The lowest BCUT2D eigenvalue weighted by atomic mass is 9.92. The number of nitrogens with zero attached hydrogens (tertiary/aromatic N) is 2. The number of piperidine rings is 1. The first-order valence-electron chi connectivity index (χ1n) is 17.5. The summed E-state index contributed by atoms with van der Waals surface area (Å²) in [7, 11) is 0. The Morgan fingerprint density at radius 2 is 1.60 bits per heavy atom. The van der Waals surface area contributed by atoms with Crippen LogP contribution in [-0.4, -0.2) is 49.6 Å². The van der Waals surface area contributed by atoms with Crippen LogP contribution in [0.2, 0.25) is 0 Å². The van der Waals surface area contributed by atoms with Crippen molar-refractivity contribution in [1.82, 2.24) is 25.2 Å². The zero-order valence-electron chi connectivity index (χ0n) is 29.8. The molecule has 0 amide bonds. The maximum absolute atomic E-state index is 12.0. The van der Waals surface area contributed by atoms with Crippen molar-refractivity contribution in [1.29, 1.82) is 0 Å². The molecular formula is C41H45F3N6O2. The van der Waals surface area contributed by atoms with Crippen LogP contribution < -0.4 is 11.1 Å². The lowest BCUT2D eigenvalue weighted by molar-refractivity contribution is -0.141. The number of carboxylic acid groups (broad SMARTS) is 1. The maximum atomic E-state index is 12.0. The molecule has 4 heterocycles. The number of carboxylic acids is 1. The Balaban J connectivity index is 0.000000303. The van der Waals surface area contributed by atoms with Crippen LogP contribution in [0.25, 0.3) is 32.9 Å². The molecule has 1 saturated heterocycles. The standard InChI is InChI=1S/C34H41N5.C7H4F3NO2/c1-22-15-17-39(18-16-22)32(30-20-27-25(21-36-34(2,3)4)11-8-14-29(27)37-30)24-10-7-9-23(19-24)31-26-12-5-6-13-28(26)38-33(31)35;8-7(9,10)5-3-1-2-4(11-5)6(12)13/h5-14,19-20,22,32,36-38H,15-18,21,35H2,1-4H3;1-3H,(H,12,13). The number of halogens is 3. The van der Waals surface area contributed by atoms with Crippen molar-refractivity contribution in [3.8, 4) is 11.1 Å². The van der Waals surface area contributed by atoms with Gasteiger partial charge < -0.3 is 26.1 Å². The minimum absolute atomic E-state index is 0.0685. The Morgan fingerprint density at radius 1 is 0.923 bits per heavy atom. The molecule has 7 rings (SSSR count). The number of nitrogens with one attached hydrogen (secondary N) is 3. The number of hydrogen-bond donors (Lipinski definition) is 5. The number of benzene rings is 3. The van der Waals surface area contributed by atoms with Gasteiger partial charge in [-0.2, -0.15) is 13.2 Å². The molecule has 0 bridgehead atoms. The van der Waals surface area contributed by atoms with Gasteiger partial charge >= 0.3 is 12.1 Å². The predicted molar refractivity (Wildman–Crippen MR) is 201 cm³/mol. The fraction of sp³-hybridized carbons (Fsp3) is 0.317. The fourth-order valence-electron chi connectivity index (χ4n) is 6.82. The highest BCUT2D eigenvalue weighted by Crippen LogP contribution is 2.39. The average Bonchev–Trinajstić information content (AvgIpc) is 3.68. The van der Waals surface area contributed by atoms with E-state index in [2.05, 4.69) is 120 Å². The van der Waals surface area contributed by atoms with E-state index in [0.29, 0.717) is 6.07 Å². The molecule has 3 aromatic carbocycles. The highest BCUT2D eigenvalue weighted by Gasteiger charge is 2.33. The molecule has 0 spiro atoms. The van der Waals surface area contributed by atoms with Crippen LogP contribution in [-0.2, 0) is 12.7 Å². The monoisotopic (exact) mass is 710 g/mol. The summed E-state index contributed by atoms with van der Waals surface area (Å²) in [6.07, 6.45) is -2.15. The molecule has 1 aliphatic heterocycles. The second-order valence-corrected chi connectivity index (χ2v) is 14.6. The number of likely N-dealkylation sites (tertiary alicyclic amines) is 1. The number of para-hydroxylation sites is 1. The van der Waals surface area contributed by atoms with Crippen molar-refractivity contribution in [2.75, 3.05) is 18.8 Å². The highest BCUT2D eigenvalue weighted by molar-refractivity contribution is 6.01. The van der Waals surface area contributed by atoms with Crippen molar-refractivity contribution >= 4 is 33.6 Å². The Kier molecular flexibility index (Phi) is 10.5. The molecule has 0 saturated carbocycles. The fourth-order valence-corrected chi connectivity index (χ4v) is 6.82. The van der Waals surface area contributed by atoms with E-state index < -0.39 is 23.5 Å². The molecule has 0 radical (unpaired) electrons. The quantitative estimate of drug-likeness (QED) is 0.113. The Hall–Kier alpha value is -5.13. The number of H-pyrrole nitrogens is 2. The number of nitrogen functional groups attached to an aromatic ring is 1. The summed E-state index contributed by atoms with van der Waals surface area (Å²) in [6.45, 7) is 12.1. The Morgan fingerprint density at radius 3 is 2.31 bits per heavy atom. The summed E-state index contributed by atoms with van der Waals surface area (Å²) >= 11 is 0. The third kappa shape index (κ3) is 8.32. The second-order valence-electron chi connectivity index (χ2n) is 14.6. The van der Waals surface area contributed by atoms with E-state index in [1.807, 2.05) is 6.07 Å². The van der Waals surface area contributed by atoms with Crippen LogP contribution in [0.4, 0.5) is 19.0 Å². The van der Waals surface area contributed by atoms with Crippen LogP contribution in [0.1, 0.15) is 79.6 Å². The third-order valence-electron chi connectivity index (χ3n) is 9.55. The van der Waals surface area contributed by atoms with E-state index in [9.17, 15) is 18.0 Å². The van der Waals surface area contributed by atoms with E-state index in [1.54, 1.807) is 0 Å². The van der Waals surface area contributed by atoms with Crippen molar-refractivity contribution in [3.05, 3.63) is 119 Å². The number of nitrogens with two attached hydrogens (primary N) is 1. The smallest absolute Gasteiger partial charge is 0.433 e. The molecule has 0 aliphatic carbocycles. The van der Waals surface area contributed by atoms with Gasteiger partial charge in [0, 0.05) is 45.1 Å². The molecule has 52 heavy (non-hydrogen) atoms. The lowest BCUT2D eigenvalue weighted by Gasteiger charge is -2.36. The predicted octanol–water partition coefficient (Wildman–Crippen LogP) is 9.41. The van der Waals surface area contributed by atoms with Crippen molar-refractivity contribution in [2.24, 2.45) is 5.92 Å². The largest absolute Gasteiger partial charge is 0.477 e. The first-order chi connectivity index (χ1) is 24.7. The molecule has 8 nitrogen and oxygen atoms in total. The van der Waals surface area contributed by atoms with Gasteiger partial charge in [-0.05, 0) is 106 Å². The molecule has 6 N–H and O–H groups in total. The number of anilines is 1. The van der Waals surface area contributed by atoms with Gasteiger partial charge in [0.1, 0.15) is 17.2 Å². The minimum atomic E-state index is -4.61. The zero-order chi connectivity index (χ0) is 37.2. The Bertz CT molecular complexity index is 2170. The van der Waals surface area contributed by atoms with E-state index >= 15 is 0 Å². The first-order valence-corrected chi connectivity index (χ1v) is 17.5. The highest BCUT2D eigenvalue weighted by atomic mass is 19.4. The summed E-state index contributed by atoms with van der Waals surface area (Å²) in [4.78, 5) is 23.0. The van der Waals surface area contributed by atoms with Crippen LogP contribution in [0, 0.1) is 5.92 Å². The van der Waals surface area contributed by atoms with Gasteiger partial charge in [-0.25, -0.2) is 9.78 Å². The van der Waals surface area contributed by atoms with Gasteiger partial charge in [0.15, 0.2) is 0 Å². The lowest BCUT2D eigenvalue weighted by Crippen LogP contribution is -2.36. The molecule has 1 unspecified atom stereocenters. The number of aromatic nitrogens is 3. The van der Waals surface area contributed by atoms with E-state index in [-0.39, 0.29) is 11.6 Å². The molecule has 3 aromatic heterocycles. The summed E-state index contributed by atoms with van der Waals surface area (Å²) < 4.78 is 35.9. The molecule has 272 valence electrons. The number of aromatic amines is 2. The van der Waals surface area contributed by atoms with Crippen LogP contribution in [0.3, 0.4) is 0 Å². The van der Waals surface area contributed by atoms with Crippen LogP contribution >= 0.6 is 0 Å². The van der Waals surface area contributed by atoms with E-state index in [1.165, 1.54) is 40.6 Å². The van der Waals surface area contributed by atoms with Gasteiger partial charge in [0.05, 0.1) is 6.04 Å². The average molecular weight is 711 g/mol. The molecular weight excluding hydrogens is 665 g/mol. The topological polar surface area (TPSA) is 123 Å². The SMILES string of the molecule is CC1CCN(C(c2cccc(-c3c(N)[nH]c4ccccc34)c2)c2cc3c(CNC(C)(C)C)cccc3[nH]2)CC1.O=C(O)c1cccc(C(F)(F)F)n1. The summed E-state index contributed by atoms with van der Waals surface area (Å²) in [5, 5.41) is 14.5. The number of alkyl halides is 3. The van der Waals surface area contributed by atoms with E-state index in [4.69, 9.17) is 10.8 Å². The van der Waals surface area contributed by atoms with Crippen LogP contribution in [0.5, 0.6) is 0 Å². The normalized spacial score (nSPS) is 15.1. The Labute approximate surface area is 301 Å². The summed E-state index contributed by atoms with van der Waals surface area (Å²) in [5.74, 6) is 0.0152. The number of fused-ring (bicyclic) bond motifs is 2. The van der Waals surface area contributed by atoms with Gasteiger partial charge in [-0.3, -0.25) is 4.90 Å². The molecule has 11 heteroatoms. The number of hydrogen-bond acceptors (Lipinski definition) is 5. The maximum Gasteiger partial charge on any atom is 0.433 e. The van der Waals surface area contributed by atoms with Gasteiger partial charge in [-0.1, -0.05) is 61.5 Å². The summed E-state index contributed by atoms with van der Waals surface area (Å²) in [5.41, 5.74) is 13.2. The van der Waals surface area contributed by atoms with Gasteiger partial charge in [0.2, 0.25) is 0 Å². The number of pyridine rings is 1. The minimum Gasteiger partial charge on any atom is -0.477 e. The molecule has 6 aromatic rings. The van der Waals surface area contributed by atoms with Crippen molar-refractivity contribution in [3.63, 3.8) is 0 Å². The zero-order valence-corrected chi connectivity index (χ0v) is 29.8. The number of rotatable bonds is 7. The van der Waals surface area contributed by atoms with Crippen LogP contribution in [0.15, 0.2) is 91.0 Å². The molecule has 1 fully saturated rings. The first kappa shape index (κ1) is 36.7. The molecule has 1 atom stereocenters.